The summed E-state index contributed by atoms with van der Waals surface area (Å²) in [4.78, 5) is 0. The molecule has 0 aliphatic carbocycles. The lowest BCUT2D eigenvalue weighted by molar-refractivity contribution is 0.390. The topological polar surface area (TPSA) is 30.5 Å². The van der Waals surface area contributed by atoms with Gasteiger partial charge in [-0.15, -0.1) is 0 Å². The van der Waals surface area contributed by atoms with Gasteiger partial charge < -0.3 is 14.8 Å². The van der Waals surface area contributed by atoms with Crippen molar-refractivity contribution in [2.45, 2.75) is 6.54 Å². The monoisotopic (exact) mass is 353 g/mol. The van der Waals surface area contributed by atoms with E-state index in [0.717, 1.165) is 21.2 Å². The molecule has 0 aliphatic heterocycles. The van der Waals surface area contributed by atoms with Crippen molar-refractivity contribution in [3.8, 4) is 22.6 Å². The van der Waals surface area contributed by atoms with Gasteiger partial charge in [-0.1, -0.05) is 6.07 Å². The van der Waals surface area contributed by atoms with E-state index in [4.69, 9.17) is 9.47 Å². The van der Waals surface area contributed by atoms with Crippen LogP contribution in [0.25, 0.3) is 11.1 Å². The fraction of sp³-hybridized carbons (Fsp3) is 0.250. The Kier molecular flexibility index (Phi) is 5.20. The van der Waals surface area contributed by atoms with Crippen molar-refractivity contribution in [1.29, 1.82) is 0 Å². The molecule has 0 fully saturated rings. The van der Waals surface area contributed by atoms with Crippen LogP contribution in [0.5, 0.6) is 11.5 Å². The molecule has 0 saturated heterocycles. The number of hydrogen-bond donors (Lipinski definition) is 1. The van der Waals surface area contributed by atoms with Crippen molar-refractivity contribution in [2.75, 3.05) is 21.3 Å². The second kappa shape index (κ2) is 6.91. The Morgan fingerprint density at radius 2 is 1.81 bits per heavy atom. The second-order valence-corrected chi connectivity index (χ2v) is 5.29. The summed E-state index contributed by atoms with van der Waals surface area (Å²) in [6.45, 7) is 0.569. The second-order valence-electron chi connectivity index (χ2n) is 4.49. The van der Waals surface area contributed by atoms with Crippen LogP contribution >= 0.6 is 15.9 Å². The number of hydrogen-bond acceptors (Lipinski definition) is 3. The first kappa shape index (κ1) is 15.8. The summed E-state index contributed by atoms with van der Waals surface area (Å²) < 4.78 is 25.0. The molecule has 0 atom stereocenters. The van der Waals surface area contributed by atoms with Crippen LogP contribution in [0, 0.1) is 5.82 Å². The zero-order valence-electron chi connectivity index (χ0n) is 12.2. The van der Waals surface area contributed by atoms with E-state index in [2.05, 4.69) is 21.2 Å². The molecule has 2 aromatic carbocycles. The normalized spacial score (nSPS) is 10.5. The molecule has 0 heterocycles. The smallest absolute Gasteiger partial charge is 0.144 e. The first-order valence-corrected chi connectivity index (χ1v) is 7.25. The average molecular weight is 354 g/mol. The van der Waals surface area contributed by atoms with Crippen molar-refractivity contribution in [3.05, 3.63) is 46.2 Å². The highest BCUT2D eigenvalue weighted by Gasteiger charge is 2.16. The van der Waals surface area contributed by atoms with E-state index in [1.54, 1.807) is 20.3 Å². The Morgan fingerprint density at radius 1 is 1.10 bits per heavy atom. The number of nitrogens with one attached hydrogen (secondary N) is 1. The van der Waals surface area contributed by atoms with Crippen molar-refractivity contribution in [2.24, 2.45) is 0 Å². The van der Waals surface area contributed by atoms with E-state index in [1.165, 1.54) is 12.1 Å². The molecule has 0 aliphatic rings. The maximum absolute atomic E-state index is 13.5. The molecule has 2 aromatic rings. The lowest BCUT2D eigenvalue weighted by atomic mass is 9.98. The van der Waals surface area contributed by atoms with Crippen molar-refractivity contribution < 1.29 is 13.9 Å². The van der Waals surface area contributed by atoms with E-state index in [9.17, 15) is 4.39 Å². The molecular formula is C16H17BrFNO2. The van der Waals surface area contributed by atoms with E-state index in [1.807, 2.05) is 19.2 Å². The predicted molar refractivity (Wildman–Crippen MR) is 85.4 cm³/mol. The number of benzene rings is 2. The largest absolute Gasteiger partial charge is 0.495 e. The average Bonchev–Trinajstić information content (AvgIpc) is 2.47. The SMILES string of the molecule is CNCc1cc(F)ccc1-c1ccc(OC)c(Br)c1OC. The standard InChI is InChI=1S/C16H17BrFNO2/c1-19-9-10-8-11(18)4-5-12(10)13-6-7-14(20-2)15(17)16(13)21-3/h4-8,19H,9H2,1-3H3. The molecule has 0 aromatic heterocycles. The molecule has 3 nitrogen and oxygen atoms in total. The highest BCUT2D eigenvalue weighted by molar-refractivity contribution is 9.10. The van der Waals surface area contributed by atoms with Crippen molar-refractivity contribution >= 4 is 15.9 Å². The molecule has 0 bridgehead atoms. The van der Waals surface area contributed by atoms with Crippen molar-refractivity contribution in [3.63, 3.8) is 0 Å². The lowest BCUT2D eigenvalue weighted by Crippen LogP contribution is -2.07. The van der Waals surface area contributed by atoms with Gasteiger partial charge in [-0.25, -0.2) is 4.39 Å². The molecule has 5 heteroatoms. The quantitative estimate of drug-likeness (QED) is 0.881. The van der Waals surface area contributed by atoms with Crippen LogP contribution in [0.2, 0.25) is 0 Å². The summed E-state index contributed by atoms with van der Waals surface area (Å²) in [5.74, 6) is 1.10. The van der Waals surface area contributed by atoms with E-state index in [0.29, 0.717) is 18.0 Å². The minimum atomic E-state index is -0.254. The summed E-state index contributed by atoms with van der Waals surface area (Å²) >= 11 is 3.49. The van der Waals surface area contributed by atoms with Gasteiger partial charge in [-0.2, -0.15) is 0 Å². The molecule has 1 N–H and O–H groups in total. The third-order valence-electron chi connectivity index (χ3n) is 3.21. The third-order valence-corrected chi connectivity index (χ3v) is 3.96. The molecule has 0 unspecified atom stereocenters. The van der Waals surface area contributed by atoms with Crippen LogP contribution in [0.1, 0.15) is 5.56 Å². The molecule has 21 heavy (non-hydrogen) atoms. The van der Waals surface area contributed by atoms with E-state index >= 15 is 0 Å². The minimum absolute atomic E-state index is 0.254. The Hall–Kier alpha value is -1.59. The highest BCUT2D eigenvalue weighted by atomic mass is 79.9. The lowest BCUT2D eigenvalue weighted by Gasteiger charge is -2.16. The maximum Gasteiger partial charge on any atom is 0.144 e. The summed E-state index contributed by atoms with van der Waals surface area (Å²) in [6.07, 6.45) is 0. The molecule has 0 saturated carbocycles. The van der Waals surface area contributed by atoms with Crippen LogP contribution < -0.4 is 14.8 Å². The summed E-state index contributed by atoms with van der Waals surface area (Å²) in [7, 11) is 5.03. The molecule has 0 amide bonds. The van der Waals surface area contributed by atoms with Crippen LogP contribution in [0.15, 0.2) is 34.8 Å². The predicted octanol–water partition coefficient (Wildman–Crippen LogP) is 3.99. The van der Waals surface area contributed by atoms with E-state index in [-0.39, 0.29) is 5.82 Å². The molecule has 112 valence electrons. The first-order chi connectivity index (χ1) is 10.1. The fourth-order valence-electron chi connectivity index (χ4n) is 2.27. The van der Waals surface area contributed by atoms with Gasteiger partial charge >= 0.3 is 0 Å². The van der Waals surface area contributed by atoms with Crippen molar-refractivity contribution in [1.82, 2.24) is 5.32 Å². The molecule has 2 rings (SSSR count). The van der Waals surface area contributed by atoms with E-state index < -0.39 is 0 Å². The Balaban J connectivity index is 2.64. The summed E-state index contributed by atoms with van der Waals surface area (Å²) in [5, 5.41) is 3.05. The number of ether oxygens (including phenoxy) is 2. The first-order valence-electron chi connectivity index (χ1n) is 6.46. The van der Waals surface area contributed by atoms with Crippen LogP contribution in [0.3, 0.4) is 0 Å². The van der Waals surface area contributed by atoms with Crippen LogP contribution in [0.4, 0.5) is 4.39 Å². The van der Waals surface area contributed by atoms with Gasteiger partial charge in [0.05, 0.1) is 14.2 Å². The van der Waals surface area contributed by atoms with Gasteiger partial charge in [-0.3, -0.25) is 0 Å². The fourth-order valence-corrected chi connectivity index (χ4v) is 2.94. The molecule has 0 spiro atoms. The number of halogens is 2. The van der Waals surface area contributed by atoms with Gasteiger partial charge in [0.15, 0.2) is 0 Å². The zero-order valence-corrected chi connectivity index (χ0v) is 13.8. The minimum Gasteiger partial charge on any atom is -0.495 e. The highest BCUT2D eigenvalue weighted by Crippen LogP contribution is 2.42. The Bertz CT molecular complexity index is 646. The Morgan fingerprint density at radius 3 is 2.43 bits per heavy atom. The van der Waals surface area contributed by atoms with Gasteiger partial charge in [0.2, 0.25) is 0 Å². The molecular weight excluding hydrogens is 337 g/mol. The number of methoxy groups -OCH3 is 2. The maximum atomic E-state index is 13.5. The third kappa shape index (κ3) is 3.19. The van der Waals surface area contributed by atoms with Gasteiger partial charge in [0.25, 0.3) is 0 Å². The van der Waals surface area contributed by atoms with Gasteiger partial charge in [-0.05, 0) is 58.4 Å². The van der Waals surface area contributed by atoms with Gasteiger partial charge in [0.1, 0.15) is 21.8 Å². The van der Waals surface area contributed by atoms with Crippen LogP contribution in [-0.2, 0) is 6.54 Å². The zero-order chi connectivity index (χ0) is 15.4. The molecule has 0 radical (unpaired) electrons. The number of rotatable bonds is 5. The van der Waals surface area contributed by atoms with Crippen LogP contribution in [-0.4, -0.2) is 21.3 Å². The summed E-state index contributed by atoms with van der Waals surface area (Å²) in [5.41, 5.74) is 2.68. The Labute approximate surface area is 132 Å². The summed E-state index contributed by atoms with van der Waals surface area (Å²) in [6, 6.07) is 8.51. The van der Waals surface area contributed by atoms with Gasteiger partial charge in [0, 0.05) is 12.1 Å².